The van der Waals surface area contributed by atoms with Gasteiger partial charge in [0.1, 0.15) is 18.1 Å². The number of amides is 1. The van der Waals surface area contributed by atoms with Gasteiger partial charge >= 0.3 is 5.69 Å². The van der Waals surface area contributed by atoms with E-state index in [9.17, 15) is 22.8 Å². The SMILES string of the molecule is O=C(NC1CCC(Cn2c(=O)n(-c3ccc(OCCOC4CCCCO4)nc3)c3ccc(F)cc32)CC1)c1cc(Cl)cnc1C(F)F. The largest absolute Gasteiger partial charge is 0.475 e. The molecule has 1 aliphatic heterocycles. The van der Waals surface area contributed by atoms with Crippen molar-refractivity contribution >= 4 is 28.5 Å². The van der Waals surface area contributed by atoms with Gasteiger partial charge in [-0.15, -0.1) is 0 Å². The molecule has 1 aromatic carbocycles. The number of carbonyl (C=O) groups is 1. The van der Waals surface area contributed by atoms with Crippen molar-refractivity contribution in [1.29, 1.82) is 0 Å². The Morgan fingerprint density at radius 1 is 1.02 bits per heavy atom. The summed E-state index contributed by atoms with van der Waals surface area (Å²) >= 11 is 5.90. The summed E-state index contributed by atoms with van der Waals surface area (Å²) in [7, 11) is 0. The van der Waals surface area contributed by atoms with Gasteiger partial charge in [0.25, 0.3) is 12.3 Å². The molecular weight excluding hydrogens is 639 g/mol. The van der Waals surface area contributed by atoms with Gasteiger partial charge in [0, 0.05) is 31.5 Å². The van der Waals surface area contributed by atoms with E-state index in [4.69, 9.17) is 25.8 Å². The van der Waals surface area contributed by atoms with Gasteiger partial charge in [0.2, 0.25) is 5.88 Å². The smallest absolute Gasteiger partial charge is 0.333 e. The lowest BCUT2D eigenvalue weighted by molar-refractivity contribution is -0.165. The molecule has 4 aromatic rings. The first-order valence-corrected chi connectivity index (χ1v) is 16.1. The van der Waals surface area contributed by atoms with Crippen molar-refractivity contribution in [2.75, 3.05) is 19.8 Å². The zero-order valence-corrected chi connectivity index (χ0v) is 26.3. The van der Waals surface area contributed by atoms with Gasteiger partial charge in [-0.3, -0.25) is 18.9 Å². The molecule has 0 spiro atoms. The van der Waals surface area contributed by atoms with Gasteiger partial charge in [-0.05, 0) is 81.2 Å². The van der Waals surface area contributed by atoms with Crippen LogP contribution in [0.2, 0.25) is 5.02 Å². The minimum atomic E-state index is -2.91. The zero-order chi connectivity index (χ0) is 32.9. The molecule has 1 atom stereocenters. The molecule has 0 bridgehead atoms. The molecule has 10 nitrogen and oxygen atoms in total. The number of benzene rings is 1. The second kappa shape index (κ2) is 14.9. The molecule has 14 heteroatoms. The highest BCUT2D eigenvalue weighted by Gasteiger charge is 2.27. The summed E-state index contributed by atoms with van der Waals surface area (Å²) in [6.07, 6.45) is 5.00. The van der Waals surface area contributed by atoms with E-state index >= 15 is 0 Å². The molecule has 4 heterocycles. The predicted octanol–water partition coefficient (Wildman–Crippen LogP) is 6.22. The number of hydrogen-bond donors (Lipinski definition) is 1. The molecule has 47 heavy (non-hydrogen) atoms. The number of hydrogen-bond acceptors (Lipinski definition) is 7. The fourth-order valence-electron chi connectivity index (χ4n) is 6.23. The summed E-state index contributed by atoms with van der Waals surface area (Å²) in [5, 5.41) is 2.92. The van der Waals surface area contributed by atoms with Crippen molar-refractivity contribution in [1.82, 2.24) is 24.4 Å². The normalized spacial score (nSPS) is 20.1. The van der Waals surface area contributed by atoms with Crippen LogP contribution in [0.4, 0.5) is 13.2 Å². The average Bonchev–Trinajstić information content (AvgIpc) is 3.34. The lowest BCUT2D eigenvalue weighted by Gasteiger charge is -2.29. The quantitative estimate of drug-likeness (QED) is 0.188. The van der Waals surface area contributed by atoms with Crippen LogP contribution in [0.25, 0.3) is 16.7 Å². The second-order valence-electron chi connectivity index (χ2n) is 11.8. The Kier molecular flexibility index (Phi) is 10.4. The Morgan fingerprint density at radius 3 is 2.57 bits per heavy atom. The molecule has 1 N–H and O–H groups in total. The molecule has 2 aliphatic rings. The van der Waals surface area contributed by atoms with Crippen LogP contribution < -0.4 is 15.7 Å². The summed E-state index contributed by atoms with van der Waals surface area (Å²) in [4.78, 5) is 34.6. The Labute approximate surface area is 273 Å². The van der Waals surface area contributed by atoms with Crippen LogP contribution in [0.5, 0.6) is 5.88 Å². The molecule has 1 aliphatic carbocycles. The van der Waals surface area contributed by atoms with Crippen LogP contribution in [0.15, 0.2) is 53.6 Å². The number of pyridine rings is 2. The van der Waals surface area contributed by atoms with Gasteiger partial charge in [-0.1, -0.05) is 11.6 Å². The number of nitrogens with zero attached hydrogens (tertiary/aromatic N) is 4. The summed E-state index contributed by atoms with van der Waals surface area (Å²) in [5.41, 5.74) is 0.319. The lowest BCUT2D eigenvalue weighted by Crippen LogP contribution is -2.39. The van der Waals surface area contributed by atoms with Crippen molar-refractivity contribution < 1.29 is 32.2 Å². The predicted molar refractivity (Wildman–Crippen MR) is 168 cm³/mol. The lowest BCUT2D eigenvalue weighted by atomic mass is 9.85. The number of rotatable bonds is 11. The van der Waals surface area contributed by atoms with Crippen LogP contribution in [-0.4, -0.2) is 57.2 Å². The van der Waals surface area contributed by atoms with Crippen LogP contribution in [0, 0.1) is 11.7 Å². The zero-order valence-electron chi connectivity index (χ0n) is 25.5. The molecule has 0 radical (unpaired) electrons. The summed E-state index contributed by atoms with van der Waals surface area (Å²) in [6, 6.07) is 8.58. The maximum absolute atomic E-state index is 14.4. The van der Waals surface area contributed by atoms with Gasteiger partial charge in [-0.25, -0.2) is 22.9 Å². The summed E-state index contributed by atoms with van der Waals surface area (Å²) in [5.74, 6) is -0.662. The molecule has 2 fully saturated rings. The Balaban J connectivity index is 1.10. The molecule has 250 valence electrons. The summed E-state index contributed by atoms with van der Waals surface area (Å²) in [6.45, 7) is 1.71. The molecule has 3 aromatic heterocycles. The number of nitrogens with one attached hydrogen (secondary N) is 1. The third-order valence-electron chi connectivity index (χ3n) is 8.60. The number of ether oxygens (including phenoxy) is 3. The van der Waals surface area contributed by atoms with Crippen LogP contribution in [-0.2, 0) is 16.0 Å². The van der Waals surface area contributed by atoms with E-state index in [-0.39, 0.29) is 34.5 Å². The Hall–Kier alpha value is -3.94. The minimum absolute atomic E-state index is 0.0720. The Bertz CT molecular complexity index is 1750. The minimum Gasteiger partial charge on any atom is -0.475 e. The maximum atomic E-state index is 14.4. The number of halogens is 4. The van der Waals surface area contributed by atoms with E-state index in [2.05, 4.69) is 15.3 Å². The second-order valence-corrected chi connectivity index (χ2v) is 12.2. The molecule has 1 amide bonds. The third kappa shape index (κ3) is 7.79. The van der Waals surface area contributed by atoms with Gasteiger partial charge in [0.05, 0.1) is 40.1 Å². The van der Waals surface area contributed by atoms with Gasteiger partial charge in [-0.2, -0.15) is 0 Å². The average molecular weight is 674 g/mol. The van der Waals surface area contributed by atoms with E-state index in [0.717, 1.165) is 25.5 Å². The highest BCUT2D eigenvalue weighted by Crippen LogP contribution is 2.29. The third-order valence-corrected chi connectivity index (χ3v) is 8.81. The number of alkyl halides is 2. The van der Waals surface area contributed by atoms with Crippen molar-refractivity contribution in [3.8, 4) is 11.6 Å². The van der Waals surface area contributed by atoms with Crippen molar-refractivity contribution in [3.63, 3.8) is 0 Å². The maximum Gasteiger partial charge on any atom is 0.333 e. The number of aromatic nitrogens is 4. The number of fused-ring (bicyclic) bond motifs is 1. The molecule has 6 rings (SSSR count). The number of imidazole rings is 1. The standard InChI is InChI=1S/C33H35ClF3N5O5/c34-21-15-25(30(31(36)37)39-17-21)32(43)40-23-7-4-20(5-8-23)19-41-27-16-22(35)6-10-26(27)42(33(41)44)24-9-11-28(38-18-24)45-13-14-47-29-3-1-2-12-46-29/h6,9-11,15-18,20,23,29,31H,1-5,7-8,12-14,19H2,(H,40,43). The van der Waals surface area contributed by atoms with Crippen molar-refractivity contribution in [2.24, 2.45) is 5.92 Å². The van der Waals surface area contributed by atoms with E-state index in [1.165, 1.54) is 29.0 Å². The number of carbonyl (C=O) groups excluding carboxylic acids is 1. The van der Waals surface area contributed by atoms with E-state index < -0.39 is 23.8 Å². The highest BCUT2D eigenvalue weighted by atomic mass is 35.5. The Morgan fingerprint density at radius 2 is 1.85 bits per heavy atom. The first kappa shape index (κ1) is 33.0. The van der Waals surface area contributed by atoms with Crippen molar-refractivity contribution in [3.05, 3.63) is 81.4 Å². The molecule has 1 saturated heterocycles. The van der Waals surface area contributed by atoms with Gasteiger partial charge < -0.3 is 19.5 Å². The monoisotopic (exact) mass is 673 g/mol. The molecule has 1 unspecified atom stereocenters. The first-order valence-electron chi connectivity index (χ1n) is 15.7. The van der Waals surface area contributed by atoms with Crippen LogP contribution >= 0.6 is 11.6 Å². The van der Waals surface area contributed by atoms with Crippen molar-refractivity contribution in [2.45, 2.75) is 70.2 Å². The topological polar surface area (TPSA) is 110 Å². The highest BCUT2D eigenvalue weighted by molar-refractivity contribution is 6.30. The fraction of sp³-hybridized carbons (Fsp3) is 0.455. The summed E-state index contributed by atoms with van der Waals surface area (Å²) < 4.78 is 61.2. The van der Waals surface area contributed by atoms with Crippen LogP contribution in [0.3, 0.4) is 0 Å². The first-order chi connectivity index (χ1) is 22.8. The van der Waals surface area contributed by atoms with E-state index in [1.54, 1.807) is 22.8 Å². The van der Waals surface area contributed by atoms with E-state index in [1.807, 2.05) is 0 Å². The van der Waals surface area contributed by atoms with Gasteiger partial charge in [0.15, 0.2) is 6.29 Å². The van der Waals surface area contributed by atoms with E-state index in [0.29, 0.717) is 74.6 Å². The fourth-order valence-corrected chi connectivity index (χ4v) is 6.39. The van der Waals surface area contributed by atoms with Crippen LogP contribution in [0.1, 0.15) is 67.4 Å². The molecule has 1 saturated carbocycles. The molecular formula is C33H35ClF3N5O5.